The van der Waals surface area contributed by atoms with Gasteiger partial charge in [-0.05, 0) is 56.5 Å². The lowest BCUT2D eigenvalue weighted by atomic mass is 10.1. The van der Waals surface area contributed by atoms with Crippen molar-refractivity contribution in [3.8, 4) is 0 Å². The summed E-state index contributed by atoms with van der Waals surface area (Å²) in [5.74, 6) is -0.216. The van der Waals surface area contributed by atoms with Crippen LogP contribution in [0.3, 0.4) is 0 Å². The van der Waals surface area contributed by atoms with Gasteiger partial charge in [0.15, 0.2) is 0 Å². The van der Waals surface area contributed by atoms with Gasteiger partial charge in [0, 0.05) is 31.6 Å². The highest BCUT2D eigenvalue weighted by Gasteiger charge is 2.19. The number of rotatable bonds is 6. The Kier molecular flexibility index (Phi) is 5.28. The van der Waals surface area contributed by atoms with E-state index in [9.17, 15) is 4.39 Å². The Hall–Kier alpha value is -2.40. The molecule has 0 spiro atoms. The second kappa shape index (κ2) is 7.46. The summed E-state index contributed by atoms with van der Waals surface area (Å²) >= 11 is 0. The van der Waals surface area contributed by atoms with Crippen LogP contribution in [0, 0.1) is 33.5 Å². The Balaban J connectivity index is 2.08. The molecule has 26 heavy (non-hydrogen) atoms. The van der Waals surface area contributed by atoms with Crippen molar-refractivity contribution in [3.63, 3.8) is 0 Å². The second-order valence-corrected chi connectivity index (χ2v) is 6.73. The highest BCUT2D eigenvalue weighted by atomic mass is 19.1. The van der Waals surface area contributed by atoms with Gasteiger partial charge in [0.25, 0.3) is 0 Å². The van der Waals surface area contributed by atoms with E-state index in [-0.39, 0.29) is 5.82 Å². The molecule has 4 nitrogen and oxygen atoms in total. The molecule has 1 aromatic carbocycles. The molecule has 0 aliphatic rings. The monoisotopic (exact) mass is 355 g/mol. The van der Waals surface area contributed by atoms with Gasteiger partial charge in [0.2, 0.25) is 0 Å². The molecule has 5 heteroatoms. The molecule has 138 valence electrons. The van der Waals surface area contributed by atoms with Crippen LogP contribution < -0.4 is 5.32 Å². The van der Waals surface area contributed by atoms with Crippen LogP contribution in [0.4, 0.5) is 10.1 Å². The minimum Gasteiger partial charge on any atom is -0.383 e. The van der Waals surface area contributed by atoms with Gasteiger partial charge in [-0.2, -0.15) is 0 Å². The van der Waals surface area contributed by atoms with E-state index in [2.05, 4.69) is 30.7 Å². The van der Waals surface area contributed by atoms with Crippen molar-refractivity contribution in [3.05, 3.63) is 58.2 Å². The Bertz CT molecular complexity index is 929. The third kappa shape index (κ3) is 3.31. The molecular weight excluding hydrogens is 329 g/mol. The van der Waals surface area contributed by atoms with E-state index in [1.807, 2.05) is 19.1 Å². The van der Waals surface area contributed by atoms with Gasteiger partial charge < -0.3 is 14.6 Å². The molecule has 0 atom stereocenters. The van der Waals surface area contributed by atoms with Crippen molar-refractivity contribution in [2.45, 2.75) is 40.8 Å². The molecule has 0 bridgehead atoms. The Morgan fingerprint density at radius 2 is 1.77 bits per heavy atom. The molecule has 0 unspecified atom stereocenters. The number of anilines is 1. The number of ether oxygens (including phenoxy) is 1. The number of aromatic nitrogens is 2. The fourth-order valence-electron chi connectivity index (χ4n) is 3.32. The number of methoxy groups -OCH3 is 1. The average molecular weight is 355 g/mol. The fraction of sp³-hybridized carbons (Fsp3) is 0.381. The standard InChI is InChI=1S/C21H26FN3O/c1-13-15(3)24-20-14(2)16(4)25(10-11-26-5)21(20)19(13)23-12-17-6-8-18(22)9-7-17/h6-9H,10-12H2,1-5H3,(H,23,24). The normalized spacial score (nSPS) is 11.3. The zero-order valence-electron chi connectivity index (χ0n) is 16.1. The molecule has 0 amide bonds. The summed E-state index contributed by atoms with van der Waals surface area (Å²) in [6, 6.07) is 6.60. The number of pyridine rings is 1. The number of nitrogens with one attached hydrogen (secondary N) is 1. The number of aryl methyl sites for hydroxylation is 2. The van der Waals surface area contributed by atoms with Gasteiger partial charge in [0.05, 0.1) is 23.3 Å². The van der Waals surface area contributed by atoms with Gasteiger partial charge >= 0.3 is 0 Å². The molecule has 0 aliphatic heterocycles. The van der Waals surface area contributed by atoms with Crippen LogP contribution in [-0.2, 0) is 17.8 Å². The Morgan fingerprint density at radius 3 is 2.42 bits per heavy atom. The van der Waals surface area contributed by atoms with Gasteiger partial charge in [-0.3, -0.25) is 4.98 Å². The quantitative estimate of drug-likeness (QED) is 0.698. The maximum atomic E-state index is 13.1. The van der Waals surface area contributed by atoms with Gasteiger partial charge in [0.1, 0.15) is 5.82 Å². The lowest BCUT2D eigenvalue weighted by Crippen LogP contribution is -2.10. The molecule has 3 aromatic rings. The third-order valence-corrected chi connectivity index (χ3v) is 5.13. The molecule has 0 fully saturated rings. The average Bonchev–Trinajstić information content (AvgIpc) is 2.86. The molecule has 0 radical (unpaired) electrons. The van der Waals surface area contributed by atoms with Gasteiger partial charge in [-0.25, -0.2) is 4.39 Å². The van der Waals surface area contributed by atoms with Crippen LogP contribution in [0.1, 0.15) is 28.1 Å². The molecule has 0 saturated heterocycles. The first-order valence-electron chi connectivity index (χ1n) is 8.88. The van der Waals surface area contributed by atoms with E-state index in [0.717, 1.165) is 40.1 Å². The summed E-state index contributed by atoms with van der Waals surface area (Å²) in [5.41, 5.74) is 8.83. The van der Waals surface area contributed by atoms with E-state index < -0.39 is 0 Å². The summed E-state index contributed by atoms with van der Waals surface area (Å²) in [4.78, 5) is 4.84. The van der Waals surface area contributed by atoms with E-state index >= 15 is 0 Å². The maximum absolute atomic E-state index is 13.1. The van der Waals surface area contributed by atoms with Crippen LogP contribution in [-0.4, -0.2) is 23.3 Å². The SMILES string of the molecule is COCCn1c(C)c(C)c2nc(C)c(C)c(NCc3ccc(F)cc3)c21. The molecule has 0 aliphatic carbocycles. The van der Waals surface area contributed by atoms with Crippen molar-refractivity contribution in [1.82, 2.24) is 9.55 Å². The number of halogens is 1. The second-order valence-electron chi connectivity index (χ2n) is 6.73. The Labute approximate surface area is 154 Å². The predicted molar refractivity (Wildman–Crippen MR) is 104 cm³/mol. The first-order chi connectivity index (χ1) is 12.4. The summed E-state index contributed by atoms with van der Waals surface area (Å²) in [6.45, 7) is 10.4. The third-order valence-electron chi connectivity index (χ3n) is 5.13. The van der Waals surface area contributed by atoms with E-state index in [1.54, 1.807) is 7.11 Å². The first-order valence-corrected chi connectivity index (χ1v) is 8.88. The zero-order chi connectivity index (χ0) is 18.8. The van der Waals surface area contributed by atoms with Crippen molar-refractivity contribution < 1.29 is 9.13 Å². The molecule has 2 aromatic heterocycles. The topological polar surface area (TPSA) is 39.1 Å². The lowest BCUT2D eigenvalue weighted by molar-refractivity contribution is 0.188. The fourth-order valence-corrected chi connectivity index (χ4v) is 3.32. The smallest absolute Gasteiger partial charge is 0.123 e. The Morgan fingerprint density at radius 1 is 1.08 bits per heavy atom. The van der Waals surface area contributed by atoms with Gasteiger partial charge in [-0.1, -0.05) is 12.1 Å². The van der Waals surface area contributed by atoms with Crippen molar-refractivity contribution in [2.24, 2.45) is 0 Å². The molecule has 3 rings (SSSR count). The van der Waals surface area contributed by atoms with E-state index in [4.69, 9.17) is 9.72 Å². The zero-order valence-corrected chi connectivity index (χ0v) is 16.1. The van der Waals surface area contributed by atoms with Crippen molar-refractivity contribution >= 4 is 16.7 Å². The summed E-state index contributed by atoms with van der Waals surface area (Å²) in [7, 11) is 1.72. The minimum atomic E-state index is -0.216. The number of fused-ring (bicyclic) bond motifs is 1. The van der Waals surface area contributed by atoms with Crippen LogP contribution in [0.2, 0.25) is 0 Å². The molecule has 2 heterocycles. The maximum Gasteiger partial charge on any atom is 0.123 e. The molecular formula is C21H26FN3O. The van der Waals surface area contributed by atoms with Crippen molar-refractivity contribution in [1.29, 1.82) is 0 Å². The minimum absolute atomic E-state index is 0.216. The van der Waals surface area contributed by atoms with E-state index in [1.165, 1.54) is 23.4 Å². The van der Waals surface area contributed by atoms with Crippen molar-refractivity contribution in [2.75, 3.05) is 19.0 Å². The summed E-state index contributed by atoms with van der Waals surface area (Å²) < 4.78 is 20.7. The summed E-state index contributed by atoms with van der Waals surface area (Å²) in [6.07, 6.45) is 0. The first kappa shape index (κ1) is 18.4. The lowest BCUT2D eigenvalue weighted by Gasteiger charge is -2.16. The van der Waals surface area contributed by atoms with Crippen LogP contribution in [0.15, 0.2) is 24.3 Å². The van der Waals surface area contributed by atoms with Gasteiger partial charge in [-0.15, -0.1) is 0 Å². The number of hydrogen-bond acceptors (Lipinski definition) is 3. The molecule has 0 saturated carbocycles. The van der Waals surface area contributed by atoms with Crippen LogP contribution in [0.5, 0.6) is 0 Å². The molecule has 1 N–H and O–H groups in total. The number of hydrogen-bond donors (Lipinski definition) is 1. The van der Waals surface area contributed by atoms with Crippen LogP contribution >= 0.6 is 0 Å². The summed E-state index contributed by atoms with van der Waals surface area (Å²) in [5, 5.41) is 3.57. The number of nitrogens with zero attached hydrogens (tertiary/aromatic N) is 2. The largest absolute Gasteiger partial charge is 0.383 e. The van der Waals surface area contributed by atoms with E-state index in [0.29, 0.717) is 13.2 Å². The predicted octanol–water partition coefficient (Wildman–Crippen LogP) is 4.67. The number of benzene rings is 1. The highest BCUT2D eigenvalue weighted by molar-refractivity contribution is 5.94. The van der Waals surface area contributed by atoms with Crippen LogP contribution in [0.25, 0.3) is 11.0 Å². The highest BCUT2D eigenvalue weighted by Crippen LogP contribution is 2.33.